The average Bonchev–Trinajstić information content (AvgIpc) is 3.89. The maximum atomic E-state index is 2.47. The lowest BCUT2D eigenvalue weighted by atomic mass is 9.82. The lowest BCUT2D eigenvalue weighted by Gasteiger charge is -2.28. The van der Waals surface area contributed by atoms with E-state index in [1.807, 2.05) is 11.3 Å². The Bertz CT molecular complexity index is 3440. The number of aromatic nitrogens is 1. The number of thiophene rings is 1. The summed E-state index contributed by atoms with van der Waals surface area (Å²) in [5.41, 5.74) is 14.8. The summed E-state index contributed by atoms with van der Waals surface area (Å²) in [6.07, 6.45) is 0. The van der Waals surface area contributed by atoms with Crippen molar-refractivity contribution in [2.75, 3.05) is 4.90 Å². The minimum atomic E-state index is -0.100. The quantitative estimate of drug-likeness (QED) is 0.170. The highest BCUT2D eigenvalue weighted by atomic mass is 32.1. The minimum Gasteiger partial charge on any atom is -0.309 e. The third-order valence-electron chi connectivity index (χ3n) is 12.6. The van der Waals surface area contributed by atoms with Crippen molar-refractivity contribution in [3.8, 4) is 27.9 Å². The molecular weight excluding hydrogens is 721 g/mol. The molecule has 2 nitrogen and oxygen atoms in total. The Kier molecular flexibility index (Phi) is 7.18. The first-order valence-electron chi connectivity index (χ1n) is 20.1. The maximum Gasteiger partial charge on any atom is 0.0640 e. The Morgan fingerprint density at radius 1 is 0.448 bits per heavy atom. The van der Waals surface area contributed by atoms with Crippen LogP contribution in [0.5, 0.6) is 0 Å². The van der Waals surface area contributed by atoms with E-state index >= 15 is 0 Å². The number of para-hydroxylation sites is 1. The van der Waals surface area contributed by atoms with Gasteiger partial charge in [-0.3, -0.25) is 0 Å². The molecule has 274 valence electrons. The van der Waals surface area contributed by atoms with Gasteiger partial charge >= 0.3 is 0 Å². The van der Waals surface area contributed by atoms with Gasteiger partial charge in [-0.05, 0) is 111 Å². The molecule has 0 aliphatic heterocycles. The molecule has 1 aliphatic carbocycles. The topological polar surface area (TPSA) is 8.17 Å². The third kappa shape index (κ3) is 4.90. The van der Waals surface area contributed by atoms with Crippen LogP contribution >= 0.6 is 11.3 Å². The van der Waals surface area contributed by atoms with Crippen LogP contribution in [-0.2, 0) is 5.41 Å². The number of anilines is 3. The van der Waals surface area contributed by atoms with Crippen molar-refractivity contribution in [1.82, 2.24) is 4.57 Å². The van der Waals surface area contributed by atoms with Crippen LogP contribution in [0.2, 0.25) is 0 Å². The van der Waals surface area contributed by atoms with Gasteiger partial charge in [-0.1, -0.05) is 141 Å². The molecule has 11 aromatic rings. The Labute approximate surface area is 341 Å². The predicted octanol–water partition coefficient (Wildman–Crippen LogP) is 15.7. The summed E-state index contributed by atoms with van der Waals surface area (Å²) in [6.45, 7) is 4.73. The van der Waals surface area contributed by atoms with Gasteiger partial charge in [0.05, 0.1) is 21.4 Å². The zero-order valence-corrected chi connectivity index (χ0v) is 33.1. The monoisotopic (exact) mass is 758 g/mol. The highest BCUT2D eigenvalue weighted by Gasteiger charge is 2.36. The van der Waals surface area contributed by atoms with Gasteiger partial charge in [0.2, 0.25) is 0 Å². The highest BCUT2D eigenvalue weighted by Crippen LogP contribution is 2.52. The molecule has 0 amide bonds. The highest BCUT2D eigenvalue weighted by molar-refractivity contribution is 7.26. The number of hydrogen-bond acceptors (Lipinski definition) is 2. The lowest BCUT2D eigenvalue weighted by molar-refractivity contribution is 0.660. The minimum absolute atomic E-state index is 0.100. The zero-order chi connectivity index (χ0) is 38.5. The second-order valence-corrected chi connectivity index (χ2v) is 17.2. The molecule has 0 bridgehead atoms. The van der Waals surface area contributed by atoms with Gasteiger partial charge in [0.1, 0.15) is 0 Å². The van der Waals surface area contributed by atoms with E-state index in [1.165, 1.54) is 103 Å². The van der Waals surface area contributed by atoms with E-state index in [4.69, 9.17) is 0 Å². The van der Waals surface area contributed by atoms with E-state index in [0.29, 0.717) is 0 Å². The summed E-state index contributed by atoms with van der Waals surface area (Å²) < 4.78 is 5.01. The van der Waals surface area contributed by atoms with Gasteiger partial charge in [-0.2, -0.15) is 0 Å². The van der Waals surface area contributed by atoms with Crippen LogP contribution in [0.4, 0.5) is 17.1 Å². The van der Waals surface area contributed by atoms with Crippen molar-refractivity contribution in [3.63, 3.8) is 0 Å². The van der Waals surface area contributed by atoms with E-state index in [0.717, 1.165) is 5.69 Å². The van der Waals surface area contributed by atoms with Crippen molar-refractivity contribution < 1.29 is 0 Å². The second-order valence-electron chi connectivity index (χ2n) is 16.2. The Hall–Kier alpha value is -6.94. The molecule has 12 rings (SSSR count). The number of rotatable bonds is 5. The fourth-order valence-electron chi connectivity index (χ4n) is 9.72. The first-order valence-corrected chi connectivity index (χ1v) is 20.9. The molecule has 0 saturated heterocycles. The van der Waals surface area contributed by atoms with E-state index in [-0.39, 0.29) is 5.41 Å². The SMILES string of the molecule is CC1(C)c2ccccc2-c2ccc(N(c3ccc(-c4ccc5c(c4)c4ccccc4n5-c4ccc5ccccc5c4)cc3)c3cccc4c3sc3ccccc34)cc21. The van der Waals surface area contributed by atoms with E-state index < -0.39 is 0 Å². The number of fused-ring (bicyclic) bond motifs is 10. The molecule has 1 aliphatic rings. The Balaban J connectivity index is 0.997. The predicted molar refractivity (Wildman–Crippen MR) is 249 cm³/mol. The Morgan fingerprint density at radius 2 is 1.14 bits per heavy atom. The van der Waals surface area contributed by atoms with Crippen LogP contribution in [0.1, 0.15) is 25.0 Å². The normalized spacial score (nSPS) is 13.1. The fourth-order valence-corrected chi connectivity index (χ4v) is 10.9. The third-order valence-corrected chi connectivity index (χ3v) is 13.8. The van der Waals surface area contributed by atoms with E-state index in [1.54, 1.807) is 0 Å². The zero-order valence-electron chi connectivity index (χ0n) is 32.3. The maximum absolute atomic E-state index is 2.47. The molecule has 9 aromatic carbocycles. The van der Waals surface area contributed by atoms with Crippen molar-refractivity contribution in [2.24, 2.45) is 0 Å². The molecule has 0 atom stereocenters. The molecule has 2 heterocycles. The van der Waals surface area contributed by atoms with Gasteiger partial charge in [0, 0.05) is 48.7 Å². The fraction of sp³-hybridized carbons (Fsp3) is 0.0545. The summed E-state index contributed by atoms with van der Waals surface area (Å²) in [7, 11) is 0. The molecule has 2 aromatic heterocycles. The molecule has 3 heteroatoms. The molecular formula is C55H38N2S. The van der Waals surface area contributed by atoms with Crippen LogP contribution in [-0.4, -0.2) is 4.57 Å². The molecule has 0 N–H and O–H groups in total. The first-order chi connectivity index (χ1) is 28.5. The molecule has 0 saturated carbocycles. The van der Waals surface area contributed by atoms with Crippen LogP contribution in [0.15, 0.2) is 194 Å². The standard InChI is InChI=1S/C55H38N2S/c1-55(2)48-18-8-5-14-42(48)43-30-29-41(34-49(43)55)56(52-20-11-17-46-45-16-7-10-21-53(45)58-54(46)52)39-26-22-36(23-27-39)38-25-31-51-47(33-38)44-15-6-9-19-50(44)57(51)40-28-24-35-12-3-4-13-37(35)32-40/h3-34H,1-2H3. The van der Waals surface area contributed by atoms with Gasteiger partial charge in [0.15, 0.2) is 0 Å². The van der Waals surface area contributed by atoms with Gasteiger partial charge in [-0.25, -0.2) is 0 Å². The van der Waals surface area contributed by atoms with Crippen LogP contribution in [0, 0.1) is 0 Å². The molecule has 0 spiro atoms. The number of hydrogen-bond donors (Lipinski definition) is 0. The van der Waals surface area contributed by atoms with E-state index in [2.05, 4.69) is 217 Å². The lowest BCUT2D eigenvalue weighted by Crippen LogP contribution is -2.16. The summed E-state index contributed by atoms with van der Waals surface area (Å²) in [4.78, 5) is 2.47. The van der Waals surface area contributed by atoms with Gasteiger partial charge < -0.3 is 9.47 Å². The van der Waals surface area contributed by atoms with Gasteiger partial charge in [-0.15, -0.1) is 11.3 Å². The Morgan fingerprint density at radius 3 is 2.03 bits per heavy atom. The van der Waals surface area contributed by atoms with Gasteiger partial charge in [0.25, 0.3) is 0 Å². The van der Waals surface area contributed by atoms with Crippen molar-refractivity contribution in [2.45, 2.75) is 19.3 Å². The molecule has 0 fully saturated rings. The van der Waals surface area contributed by atoms with Crippen molar-refractivity contribution in [3.05, 3.63) is 205 Å². The molecule has 0 unspecified atom stereocenters. The van der Waals surface area contributed by atoms with Crippen molar-refractivity contribution >= 4 is 81.1 Å². The number of nitrogens with zero attached hydrogens (tertiary/aromatic N) is 2. The average molecular weight is 759 g/mol. The number of benzene rings is 9. The first kappa shape index (κ1) is 33.2. The van der Waals surface area contributed by atoms with Crippen molar-refractivity contribution in [1.29, 1.82) is 0 Å². The van der Waals surface area contributed by atoms with E-state index in [9.17, 15) is 0 Å². The second kappa shape index (κ2) is 12.5. The summed E-state index contributed by atoms with van der Waals surface area (Å²) in [5.74, 6) is 0. The summed E-state index contributed by atoms with van der Waals surface area (Å²) >= 11 is 1.88. The van der Waals surface area contributed by atoms with Crippen LogP contribution in [0.25, 0.3) is 80.7 Å². The van der Waals surface area contributed by atoms with Crippen LogP contribution in [0.3, 0.4) is 0 Å². The summed E-state index contributed by atoms with van der Waals surface area (Å²) in [6, 6.07) is 71.9. The molecule has 58 heavy (non-hydrogen) atoms. The smallest absolute Gasteiger partial charge is 0.0640 e. The largest absolute Gasteiger partial charge is 0.309 e. The van der Waals surface area contributed by atoms with Crippen LogP contribution < -0.4 is 4.90 Å². The summed E-state index contributed by atoms with van der Waals surface area (Å²) in [5, 5.41) is 7.61. The molecule has 0 radical (unpaired) electrons.